The maximum absolute atomic E-state index is 12.3. The smallest absolute Gasteiger partial charge is 0.237 e. The molecule has 2 rings (SSSR count). The average molecular weight is 349 g/mol. The fourth-order valence-corrected chi connectivity index (χ4v) is 3.54. The van der Waals surface area contributed by atoms with Gasteiger partial charge in [-0.2, -0.15) is 5.26 Å². The number of hydrogen-bond donors (Lipinski definition) is 0. The molecule has 0 N–H and O–H groups in total. The fourth-order valence-electron chi connectivity index (χ4n) is 2.68. The lowest BCUT2D eigenvalue weighted by molar-refractivity contribution is -0.128. The molecule has 1 aliphatic rings. The summed E-state index contributed by atoms with van der Waals surface area (Å²) in [5.41, 5.74) is 1.48. The molecule has 0 aliphatic carbocycles. The number of hydrogen-bond acceptors (Lipinski definition) is 5. The minimum atomic E-state index is -3.38. The molecule has 0 bridgehead atoms. The van der Waals surface area contributed by atoms with Gasteiger partial charge in [0, 0.05) is 26.2 Å². The number of sulfone groups is 1. The van der Waals surface area contributed by atoms with E-state index >= 15 is 0 Å². The predicted molar refractivity (Wildman–Crippen MR) is 93.5 cm³/mol. The predicted octanol–water partition coefficient (Wildman–Crippen LogP) is 1.42. The molecule has 0 aromatic heterocycles. The highest BCUT2D eigenvalue weighted by Crippen LogP contribution is 2.21. The van der Waals surface area contributed by atoms with Crippen molar-refractivity contribution in [3.63, 3.8) is 0 Å². The molecule has 1 aromatic rings. The largest absolute Gasteiger partial charge is 0.369 e. The Morgan fingerprint density at radius 2 is 1.92 bits per heavy atom. The molecule has 24 heavy (non-hydrogen) atoms. The Balaban J connectivity index is 2.05. The number of rotatable bonds is 4. The van der Waals surface area contributed by atoms with Gasteiger partial charge in [0.1, 0.15) is 11.8 Å². The zero-order valence-corrected chi connectivity index (χ0v) is 14.9. The standard InChI is InChI=1S/C17H23N3O3S/c1-14(2)24(22,23)13-17(21)20-9-5-8-19(10-11-20)16-7-4-3-6-15(16)12-18/h3-4,6-7,14H,5,8-11,13H2,1-2H3. The maximum Gasteiger partial charge on any atom is 0.237 e. The summed E-state index contributed by atoms with van der Waals surface area (Å²) in [6.07, 6.45) is 0.743. The Labute approximate surface area is 143 Å². The highest BCUT2D eigenvalue weighted by Gasteiger charge is 2.26. The van der Waals surface area contributed by atoms with Crippen molar-refractivity contribution < 1.29 is 13.2 Å². The van der Waals surface area contributed by atoms with Gasteiger partial charge in [0.05, 0.1) is 16.5 Å². The van der Waals surface area contributed by atoms with Crippen molar-refractivity contribution in [1.29, 1.82) is 5.26 Å². The van der Waals surface area contributed by atoms with E-state index in [0.717, 1.165) is 18.7 Å². The molecule has 0 radical (unpaired) electrons. The average Bonchev–Trinajstić information content (AvgIpc) is 2.80. The number of carbonyl (C=O) groups is 1. The quantitative estimate of drug-likeness (QED) is 0.821. The molecule has 6 nitrogen and oxygen atoms in total. The third kappa shape index (κ3) is 4.26. The SMILES string of the molecule is CC(C)S(=O)(=O)CC(=O)N1CCCN(c2ccccc2C#N)CC1. The van der Waals surface area contributed by atoms with Crippen LogP contribution in [0.4, 0.5) is 5.69 Å². The summed E-state index contributed by atoms with van der Waals surface area (Å²) in [6, 6.07) is 9.58. The number of amides is 1. The molecular formula is C17H23N3O3S. The van der Waals surface area contributed by atoms with Crippen LogP contribution in [-0.2, 0) is 14.6 Å². The van der Waals surface area contributed by atoms with Crippen molar-refractivity contribution >= 4 is 21.4 Å². The van der Waals surface area contributed by atoms with Crippen molar-refractivity contribution in [2.75, 3.05) is 36.8 Å². The summed E-state index contributed by atoms with van der Waals surface area (Å²) in [6.45, 7) is 5.51. The number of para-hydroxylation sites is 1. The van der Waals surface area contributed by atoms with Crippen LogP contribution in [0, 0.1) is 11.3 Å². The molecule has 1 saturated heterocycles. The van der Waals surface area contributed by atoms with E-state index in [-0.39, 0.29) is 5.91 Å². The third-order valence-electron chi connectivity index (χ3n) is 4.26. The van der Waals surface area contributed by atoms with Crippen LogP contribution in [0.2, 0.25) is 0 Å². The van der Waals surface area contributed by atoms with Gasteiger partial charge in [-0.15, -0.1) is 0 Å². The van der Waals surface area contributed by atoms with Crippen LogP contribution in [-0.4, -0.2) is 56.4 Å². The van der Waals surface area contributed by atoms with Crippen LogP contribution in [0.5, 0.6) is 0 Å². The molecule has 1 fully saturated rings. The summed E-state index contributed by atoms with van der Waals surface area (Å²) in [4.78, 5) is 16.0. The van der Waals surface area contributed by atoms with E-state index in [9.17, 15) is 18.5 Å². The Morgan fingerprint density at radius 1 is 1.21 bits per heavy atom. The Kier molecular flexibility index (Phi) is 5.84. The summed E-state index contributed by atoms with van der Waals surface area (Å²) in [7, 11) is -3.38. The van der Waals surface area contributed by atoms with Gasteiger partial charge in [0.15, 0.2) is 9.84 Å². The molecule has 0 atom stereocenters. The van der Waals surface area contributed by atoms with Crippen molar-refractivity contribution in [1.82, 2.24) is 4.90 Å². The van der Waals surface area contributed by atoms with Crippen molar-refractivity contribution in [2.45, 2.75) is 25.5 Å². The lowest BCUT2D eigenvalue weighted by Crippen LogP contribution is -2.40. The second kappa shape index (κ2) is 7.67. The van der Waals surface area contributed by atoms with Gasteiger partial charge in [-0.25, -0.2) is 8.42 Å². The highest BCUT2D eigenvalue weighted by atomic mass is 32.2. The molecule has 0 saturated carbocycles. The summed E-state index contributed by atoms with van der Waals surface area (Å²) in [5, 5.41) is 8.68. The Hall–Kier alpha value is -2.07. The first kappa shape index (κ1) is 18.3. The molecule has 0 spiro atoms. The van der Waals surface area contributed by atoms with Crippen LogP contribution in [0.25, 0.3) is 0 Å². The summed E-state index contributed by atoms with van der Waals surface area (Å²) >= 11 is 0. The molecule has 1 aromatic carbocycles. The highest BCUT2D eigenvalue weighted by molar-refractivity contribution is 7.92. The van der Waals surface area contributed by atoms with Gasteiger partial charge in [-0.1, -0.05) is 12.1 Å². The van der Waals surface area contributed by atoms with Crippen LogP contribution < -0.4 is 4.90 Å². The first-order chi connectivity index (χ1) is 11.3. The van der Waals surface area contributed by atoms with Crippen LogP contribution in [0.15, 0.2) is 24.3 Å². The van der Waals surface area contributed by atoms with E-state index in [0.29, 0.717) is 25.2 Å². The van der Waals surface area contributed by atoms with Crippen molar-refractivity contribution in [3.8, 4) is 6.07 Å². The lowest BCUT2D eigenvalue weighted by atomic mass is 10.1. The normalized spacial score (nSPS) is 15.9. The molecule has 7 heteroatoms. The molecule has 1 heterocycles. The monoisotopic (exact) mass is 349 g/mol. The third-order valence-corrected chi connectivity index (χ3v) is 6.34. The maximum atomic E-state index is 12.3. The molecule has 0 unspecified atom stereocenters. The zero-order valence-electron chi connectivity index (χ0n) is 14.1. The second-order valence-corrected chi connectivity index (χ2v) is 8.76. The van der Waals surface area contributed by atoms with Crippen LogP contribution >= 0.6 is 0 Å². The van der Waals surface area contributed by atoms with E-state index in [1.165, 1.54) is 0 Å². The number of nitrogens with zero attached hydrogens (tertiary/aromatic N) is 3. The lowest BCUT2D eigenvalue weighted by Gasteiger charge is -2.24. The minimum absolute atomic E-state index is 0.334. The second-order valence-electron chi connectivity index (χ2n) is 6.21. The first-order valence-corrected chi connectivity index (χ1v) is 9.80. The summed E-state index contributed by atoms with van der Waals surface area (Å²) < 4.78 is 23.9. The Morgan fingerprint density at radius 3 is 2.58 bits per heavy atom. The van der Waals surface area contributed by atoms with Gasteiger partial charge in [-0.3, -0.25) is 4.79 Å². The number of anilines is 1. The molecular weight excluding hydrogens is 326 g/mol. The number of nitriles is 1. The first-order valence-electron chi connectivity index (χ1n) is 8.08. The van der Waals surface area contributed by atoms with Gasteiger partial charge in [0.25, 0.3) is 0 Å². The molecule has 130 valence electrons. The van der Waals surface area contributed by atoms with Crippen LogP contribution in [0.1, 0.15) is 25.8 Å². The minimum Gasteiger partial charge on any atom is -0.369 e. The van der Waals surface area contributed by atoms with E-state index in [4.69, 9.17) is 0 Å². The van der Waals surface area contributed by atoms with Gasteiger partial charge < -0.3 is 9.80 Å². The summed E-state index contributed by atoms with van der Waals surface area (Å²) in [5.74, 6) is -0.765. The molecule has 1 aliphatic heterocycles. The van der Waals surface area contributed by atoms with E-state index in [2.05, 4.69) is 11.0 Å². The fraction of sp³-hybridized carbons (Fsp3) is 0.529. The van der Waals surface area contributed by atoms with Gasteiger partial charge in [-0.05, 0) is 32.4 Å². The topological polar surface area (TPSA) is 81.5 Å². The molecule has 1 amide bonds. The van der Waals surface area contributed by atoms with Crippen molar-refractivity contribution in [3.05, 3.63) is 29.8 Å². The van der Waals surface area contributed by atoms with Gasteiger partial charge in [0.2, 0.25) is 5.91 Å². The zero-order chi connectivity index (χ0) is 17.7. The van der Waals surface area contributed by atoms with E-state index < -0.39 is 20.8 Å². The van der Waals surface area contributed by atoms with Crippen molar-refractivity contribution in [2.24, 2.45) is 0 Å². The van der Waals surface area contributed by atoms with Crippen LogP contribution in [0.3, 0.4) is 0 Å². The number of benzene rings is 1. The van der Waals surface area contributed by atoms with E-state index in [1.54, 1.807) is 24.8 Å². The Bertz CT molecular complexity index is 738. The van der Waals surface area contributed by atoms with E-state index in [1.807, 2.05) is 18.2 Å². The van der Waals surface area contributed by atoms with Gasteiger partial charge >= 0.3 is 0 Å². The number of carbonyl (C=O) groups excluding carboxylic acids is 1.